The van der Waals surface area contributed by atoms with Crippen LogP contribution in [0.2, 0.25) is 5.02 Å². The van der Waals surface area contributed by atoms with Gasteiger partial charge in [-0.1, -0.05) is 48.0 Å². The fourth-order valence-electron chi connectivity index (χ4n) is 3.23. The first kappa shape index (κ1) is 20.9. The molecular formula is C25H15ClN2O4S. The fourth-order valence-corrected chi connectivity index (χ4v) is 4.62. The van der Waals surface area contributed by atoms with Gasteiger partial charge >= 0.3 is 11.9 Å². The first-order valence-corrected chi connectivity index (χ1v) is 11.1. The van der Waals surface area contributed by atoms with Crippen LogP contribution in [-0.2, 0) is 0 Å². The molecule has 6 nitrogen and oxygen atoms in total. The van der Waals surface area contributed by atoms with Gasteiger partial charge in [0.2, 0.25) is 0 Å². The lowest BCUT2D eigenvalue weighted by atomic mass is 10.2. The van der Waals surface area contributed by atoms with E-state index in [1.165, 1.54) is 17.6 Å². The minimum Gasteiger partial charge on any atom is -0.451 e. The van der Waals surface area contributed by atoms with E-state index in [4.69, 9.17) is 20.8 Å². The van der Waals surface area contributed by atoms with Crippen LogP contribution in [0.5, 0.6) is 5.75 Å². The number of ether oxygens (including phenoxy) is 1. The molecule has 2 aromatic heterocycles. The SMILES string of the molecule is O=C(N/N=C\c1ccc(OC(=O)c2sc3ccccc3c2Cl)cc1)c1cc2ccccc2o1. The zero-order valence-electron chi connectivity index (χ0n) is 16.9. The van der Waals surface area contributed by atoms with Crippen LogP contribution in [0.1, 0.15) is 25.8 Å². The Balaban J connectivity index is 1.21. The maximum absolute atomic E-state index is 12.6. The molecule has 0 aliphatic rings. The van der Waals surface area contributed by atoms with Gasteiger partial charge in [-0.2, -0.15) is 5.10 Å². The molecule has 0 unspecified atom stereocenters. The van der Waals surface area contributed by atoms with Gasteiger partial charge in [0.25, 0.3) is 0 Å². The molecule has 162 valence electrons. The van der Waals surface area contributed by atoms with E-state index in [2.05, 4.69) is 10.5 Å². The van der Waals surface area contributed by atoms with Gasteiger partial charge in [-0.15, -0.1) is 11.3 Å². The smallest absolute Gasteiger partial charge is 0.355 e. The number of hydrogen-bond acceptors (Lipinski definition) is 6. The normalized spacial score (nSPS) is 11.3. The summed E-state index contributed by atoms with van der Waals surface area (Å²) in [6.45, 7) is 0. The van der Waals surface area contributed by atoms with Crippen LogP contribution >= 0.6 is 22.9 Å². The summed E-state index contributed by atoms with van der Waals surface area (Å²) in [5, 5.41) is 6.01. The van der Waals surface area contributed by atoms with E-state index in [1.54, 1.807) is 36.4 Å². The molecule has 0 aliphatic carbocycles. The Hall–Kier alpha value is -3.94. The number of nitrogens with one attached hydrogen (secondary N) is 1. The number of hydrazone groups is 1. The minimum absolute atomic E-state index is 0.176. The predicted molar refractivity (Wildman–Crippen MR) is 130 cm³/mol. The summed E-state index contributed by atoms with van der Waals surface area (Å²) in [7, 11) is 0. The standard InChI is InChI=1S/C25H15ClN2O4S/c26-22-18-6-2-4-8-21(18)33-23(22)25(30)31-17-11-9-15(10-12-17)14-27-28-24(29)20-13-16-5-1-3-7-19(16)32-20/h1-14H,(H,28,29)/b27-14-. The van der Waals surface area contributed by atoms with Crippen molar-refractivity contribution >= 4 is 62.1 Å². The molecule has 1 amide bonds. The van der Waals surface area contributed by atoms with Crippen LogP contribution in [0, 0.1) is 0 Å². The average molecular weight is 475 g/mol. The number of carbonyl (C=O) groups excluding carboxylic acids is 2. The zero-order chi connectivity index (χ0) is 22.8. The van der Waals surface area contributed by atoms with E-state index < -0.39 is 11.9 Å². The first-order chi connectivity index (χ1) is 16.1. The number of carbonyl (C=O) groups is 2. The number of amides is 1. The fraction of sp³-hybridized carbons (Fsp3) is 0. The van der Waals surface area contributed by atoms with Gasteiger partial charge in [-0.25, -0.2) is 10.2 Å². The quantitative estimate of drug-likeness (QED) is 0.140. The number of para-hydroxylation sites is 1. The molecule has 3 aromatic carbocycles. The molecule has 0 bridgehead atoms. The van der Waals surface area contributed by atoms with Crippen LogP contribution in [-0.4, -0.2) is 18.1 Å². The molecule has 8 heteroatoms. The van der Waals surface area contributed by atoms with E-state index in [0.717, 1.165) is 15.5 Å². The lowest BCUT2D eigenvalue weighted by molar-refractivity contribution is 0.0739. The number of hydrogen-bond donors (Lipinski definition) is 1. The molecule has 0 spiro atoms. The summed E-state index contributed by atoms with van der Waals surface area (Å²) in [4.78, 5) is 25.1. The van der Waals surface area contributed by atoms with Crippen molar-refractivity contribution in [3.8, 4) is 5.75 Å². The van der Waals surface area contributed by atoms with Gasteiger partial charge in [0, 0.05) is 15.5 Å². The van der Waals surface area contributed by atoms with E-state index in [9.17, 15) is 9.59 Å². The van der Waals surface area contributed by atoms with Gasteiger partial charge < -0.3 is 9.15 Å². The van der Waals surface area contributed by atoms with Crippen LogP contribution in [0.15, 0.2) is 88.4 Å². The largest absolute Gasteiger partial charge is 0.451 e. The number of thiophene rings is 1. The maximum Gasteiger partial charge on any atom is 0.355 e. The third-order valence-corrected chi connectivity index (χ3v) is 6.50. The summed E-state index contributed by atoms with van der Waals surface area (Å²) >= 11 is 7.64. The maximum atomic E-state index is 12.6. The van der Waals surface area contributed by atoms with E-state index in [-0.39, 0.29) is 5.76 Å². The second kappa shape index (κ2) is 8.90. The molecule has 0 saturated carbocycles. The molecule has 5 rings (SSSR count). The number of esters is 1. The lowest BCUT2D eigenvalue weighted by Gasteiger charge is -2.03. The lowest BCUT2D eigenvalue weighted by Crippen LogP contribution is -2.16. The van der Waals surface area contributed by atoms with Crippen molar-refractivity contribution in [2.45, 2.75) is 0 Å². The van der Waals surface area contributed by atoms with Crippen molar-refractivity contribution in [3.05, 3.63) is 100 Å². The molecule has 0 fully saturated rings. The Morgan fingerprint density at radius 2 is 1.76 bits per heavy atom. The van der Waals surface area contributed by atoms with Gasteiger partial charge in [0.15, 0.2) is 5.76 Å². The topological polar surface area (TPSA) is 80.9 Å². The molecule has 0 atom stereocenters. The average Bonchev–Trinajstić information content (AvgIpc) is 3.42. The molecule has 33 heavy (non-hydrogen) atoms. The van der Waals surface area contributed by atoms with Crippen molar-refractivity contribution in [1.29, 1.82) is 0 Å². The number of fused-ring (bicyclic) bond motifs is 2. The van der Waals surface area contributed by atoms with Crippen molar-refractivity contribution in [2.75, 3.05) is 0 Å². The highest BCUT2D eigenvalue weighted by Crippen LogP contribution is 2.35. The van der Waals surface area contributed by atoms with E-state index in [0.29, 0.717) is 26.8 Å². The Morgan fingerprint density at radius 3 is 2.55 bits per heavy atom. The summed E-state index contributed by atoms with van der Waals surface area (Å²) in [6.07, 6.45) is 1.48. The number of benzene rings is 3. The Bertz CT molecular complexity index is 1490. The van der Waals surface area contributed by atoms with Crippen LogP contribution in [0.25, 0.3) is 21.1 Å². The molecule has 0 radical (unpaired) electrons. The molecule has 5 aromatic rings. The second-order valence-corrected chi connectivity index (χ2v) is 8.48. The van der Waals surface area contributed by atoms with Crippen LogP contribution in [0.4, 0.5) is 0 Å². The summed E-state index contributed by atoms with van der Waals surface area (Å²) in [6, 6.07) is 23.3. The highest BCUT2D eigenvalue weighted by atomic mass is 35.5. The Labute approximate surface area is 197 Å². The van der Waals surface area contributed by atoms with Gasteiger partial charge in [-0.3, -0.25) is 4.79 Å². The van der Waals surface area contributed by atoms with Crippen molar-refractivity contribution in [2.24, 2.45) is 5.10 Å². The summed E-state index contributed by atoms with van der Waals surface area (Å²) < 4.78 is 11.9. The highest BCUT2D eigenvalue weighted by molar-refractivity contribution is 7.21. The molecule has 0 aliphatic heterocycles. The number of halogens is 1. The molecular weight excluding hydrogens is 460 g/mol. The van der Waals surface area contributed by atoms with E-state index in [1.807, 2.05) is 42.5 Å². The van der Waals surface area contributed by atoms with Gasteiger partial charge in [0.1, 0.15) is 16.2 Å². The van der Waals surface area contributed by atoms with Gasteiger partial charge in [-0.05, 0) is 48.0 Å². The molecule has 1 N–H and O–H groups in total. The van der Waals surface area contributed by atoms with Gasteiger partial charge in [0.05, 0.1) is 11.2 Å². The third kappa shape index (κ3) is 4.37. The third-order valence-electron chi connectivity index (χ3n) is 4.84. The van der Waals surface area contributed by atoms with Crippen molar-refractivity contribution in [3.63, 3.8) is 0 Å². The number of rotatable bonds is 5. The minimum atomic E-state index is -0.513. The van der Waals surface area contributed by atoms with Crippen molar-refractivity contribution < 1.29 is 18.7 Å². The number of nitrogens with zero attached hydrogens (tertiary/aromatic N) is 1. The van der Waals surface area contributed by atoms with Crippen molar-refractivity contribution in [1.82, 2.24) is 5.43 Å². The monoisotopic (exact) mass is 474 g/mol. The molecule has 2 heterocycles. The Kier molecular flexibility index (Phi) is 5.64. The first-order valence-electron chi connectivity index (χ1n) is 9.90. The molecule has 0 saturated heterocycles. The number of furan rings is 1. The van der Waals surface area contributed by atoms with Crippen LogP contribution in [0.3, 0.4) is 0 Å². The highest BCUT2D eigenvalue weighted by Gasteiger charge is 2.19. The van der Waals surface area contributed by atoms with Crippen LogP contribution < -0.4 is 10.2 Å². The summed E-state index contributed by atoms with van der Waals surface area (Å²) in [5.41, 5.74) is 3.77. The summed E-state index contributed by atoms with van der Waals surface area (Å²) in [5.74, 6) is -0.415. The second-order valence-electron chi connectivity index (χ2n) is 7.05. The predicted octanol–water partition coefficient (Wildman–Crippen LogP) is 6.28. The zero-order valence-corrected chi connectivity index (χ0v) is 18.5. The Morgan fingerprint density at radius 1 is 1.00 bits per heavy atom. The van der Waals surface area contributed by atoms with E-state index >= 15 is 0 Å².